The van der Waals surface area contributed by atoms with Gasteiger partial charge in [0, 0.05) is 31.4 Å². The number of aryl methyl sites for hydroxylation is 1. The summed E-state index contributed by atoms with van der Waals surface area (Å²) in [6.07, 6.45) is 5.60. The zero-order valence-corrected chi connectivity index (χ0v) is 11.9. The first-order valence-electron chi connectivity index (χ1n) is 7.46. The van der Waals surface area contributed by atoms with Gasteiger partial charge in [0.2, 0.25) is 0 Å². The molecule has 0 fully saturated rings. The fraction of sp³-hybridized carbons (Fsp3) is 0.625. The van der Waals surface area contributed by atoms with Gasteiger partial charge in [-0.3, -0.25) is 0 Å². The van der Waals surface area contributed by atoms with Crippen molar-refractivity contribution in [1.82, 2.24) is 0 Å². The lowest BCUT2D eigenvalue weighted by molar-refractivity contribution is 0.283. The highest BCUT2D eigenvalue weighted by molar-refractivity contribution is 5.57. The third kappa shape index (κ3) is 3.71. The summed E-state index contributed by atoms with van der Waals surface area (Å²) in [5.41, 5.74) is 10.0. The van der Waals surface area contributed by atoms with Crippen molar-refractivity contribution >= 4 is 5.69 Å². The number of hydrogen-bond acceptors (Lipinski definition) is 3. The fourth-order valence-corrected chi connectivity index (χ4v) is 2.80. The Labute approximate surface area is 116 Å². The molecular formula is C16H26N2O. The SMILES string of the molecule is CC(N)c1ccc2c(c1)CCCN2CCCCCO. The summed E-state index contributed by atoms with van der Waals surface area (Å²) in [5.74, 6) is 0. The standard InChI is InChI=1S/C16H26N2O/c1-13(17)14-7-8-16-15(12-14)6-5-10-18(16)9-3-2-4-11-19/h7-8,12-13,19H,2-6,9-11,17H2,1H3. The number of fused-ring (bicyclic) bond motifs is 1. The van der Waals surface area contributed by atoms with Crippen molar-refractivity contribution in [1.29, 1.82) is 0 Å². The van der Waals surface area contributed by atoms with Crippen molar-refractivity contribution in [3.05, 3.63) is 29.3 Å². The molecule has 0 aromatic heterocycles. The van der Waals surface area contributed by atoms with E-state index >= 15 is 0 Å². The first-order chi connectivity index (χ1) is 9.22. The minimum atomic E-state index is 0.116. The fourth-order valence-electron chi connectivity index (χ4n) is 2.80. The average Bonchev–Trinajstić information content (AvgIpc) is 2.43. The molecule has 1 heterocycles. The number of rotatable bonds is 6. The zero-order valence-electron chi connectivity index (χ0n) is 11.9. The van der Waals surface area contributed by atoms with Crippen LogP contribution < -0.4 is 10.6 Å². The summed E-state index contributed by atoms with van der Waals surface area (Å²) >= 11 is 0. The molecule has 0 saturated carbocycles. The monoisotopic (exact) mass is 262 g/mol. The molecule has 1 aliphatic heterocycles. The summed E-state index contributed by atoms with van der Waals surface area (Å²) in [4.78, 5) is 2.49. The predicted molar refractivity (Wildman–Crippen MR) is 80.5 cm³/mol. The van der Waals surface area contributed by atoms with Crippen LogP contribution in [0.4, 0.5) is 5.69 Å². The maximum atomic E-state index is 8.82. The molecule has 1 atom stereocenters. The van der Waals surface area contributed by atoms with Crippen LogP contribution in [0, 0.1) is 0 Å². The molecule has 1 aromatic carbocycles. The Morgan fingerprint density at radius 1 is 1.32 bits per heavy atom. The molecule has 0 radical (unpaired) electrons. The van der Waals surface area contributed by atoms with Gasteiger partial charge >= 0.3 is 0 Å². The third-order valence-electron chi connectivity index (χ3n) is 3.93. The van der Waals surface area contributed by atoms with Crippen LogP contribution in [0.2, 0.25) is 0 Å². The van der Waals surface area contributed by atoms with Crippen molar-refractivity contribution in [3.8, 4) is 0 Å². The first-order valence-corrected chi connectivity index (χ1v) is 7.46. The Bertz CT molecular complexity index is 404. The van der Waals surface area contributed by atoms with E-state index in [9.17, 15) is 0 Å². The van der Waals surface area contributed by atoms with Gasteiger partial charge in [-0.05, 0) is 56.2 Å². The maximum Gasteiger partial charge on any atom is 0.0431 e. The smallest absolute Gasteiger partial charge is 0.0431 e. The molecule has 19 heavy (non-hydrogen) atoms. The van der Waals surface area contributed by atoms with Gasteiger partial charge in [-0.2, -0.15) is 0 Å². The van der Waals surface area contributed by atoms with E-state index in [-0.39, 0.29) is 6.04 Å². The molecule has 0 spiro atoms. The highest BCUT2D eigenvalue weighted by atomic mass is 16.2. The molecule has 3 N–H and O–H groups in total. The lowest BCUT2D eigenvalue weighted by atomic mass is 9.97. The lowest BCUT2D eigenvalue weighted by Gasteiger charge is -2.32. The number of hydrogen-bond donors (Lipinski definition) is 2. The molecule has 0 aliphatic carbocycles. The van der Waals surface area contributed by atoms with Crippen LogP contribution in [0.1, 0.15) is 49.8 Å². The highest BCUT2D eigenvalue weighted by Gasteiger charge is 2.17. The molecule has 0 saturated heterocycles. The van der Waals surface area contributed by atoms with E-state index in [1.807, 2.05) is 6.92 Å². The van der Waals surface area contributed by atoms with Crippen molar-refractivity contribution in [2.45, 2.75) is 45.1 Å². The molecule has 1 unspecified atom stereocenters. The Morgan fingerprint density at radius 3 is 2.89 bits per heavy atom. The van der Waals surface area contributed by atoms with Crippen LogP contribution in [0.5, 0.6) is 0 Å². The van der Waals surface area contributed by atoms with Crippen LogP contribution >= 0.6 is 0 Å². The van der Waals surface area contributed by atoms with Gasteiger partial charge in [0.15, 0.2) is 0 Å². The summed E-state index contributed by atoms with van der Waals surface area (Å²) in [5, 5.41) is 8.82. The minimum absolute atomic E-state index is 0.116. The van der Waals surface area contributed by atoms with Gasteiger partial charge in [-0.15, -0.1) is 0 Å². The lowest BCUT2D eigenvalue weighted by Crippen LogP contribution is -2.30. The molecule has 2 rings (SSSR count). The van der Waals surface area contributed by atoms with Gasteiger partial charge in [0.25, 0.3) is 0 Å². The summed E-state index contributed by atoms with van der Waals surface area (Å²) in [7, 11) is 0. The van der Waals surface area contributed by atoms with Gasteiger partial charge < -0.3 is 15.7 Å². The van der Waals surface area contributed by atoms with Crippen molar-refractivity contribution in [2.24, 2.45) is 5.73 Å². The van der Waals surface area contributed by atoms with Crippen molar-refractivity contribution < 1.29 is 5.11 Å². The molecule has 1 aliphatic rings. The van der Waals surface area contributed by atoms with E-state index < -0.39 is 0 Å². The topological polar surface area (TPSA) is 49.5 Å². The Morgan fingerprint density at radius 2 is 2.16 bits per heavy atom. The molecule has 1 aromatic rings. The normalized spacial score (nSPS) is 16.3. The number of nitrogens with zero attached hydrogens (tertiary/aromatic N) is 1. The molecule has 3 heteroatoms. The van der Waals surface area contributed by atoms with Gasteiger partial charge in [-0.1, -0.05) is 12.1 Å². The second-order valence-electron chi connectivity index (χ2n) is 5.55. The Hall–Kier alpha value is -1.06. The van der Waals surface area contributed by atoms with E-state index in [1.54, 1.807) is 0 Å². The van der Waals surface area contributed by atoms with E-state index in [0.29, 0.717) is 6.61 Å². The number of aliphatic hydroxyl groups is 1. The van der Waals surface area contributed by atoms with E-state index in [0.717, 1.165) is 32.4 Å². The quantitative estimate of drug-likeness (QED) is 0.775. The van der Waals surface area contributed by atoms with Gasteiger partial charge in [0.05, 0.1) is 0 Å². The molecule has 0 bridgehead atoms. The molecule has 0 amide bonds. The predicted octanol–water partition coefficient (Wildman–Crippen LogP) is 2.62. The summed E-state index contributed by atoms with van der Waals surface area (Å²) in [6.45, 7) is 4.61. The largest absolute Gasteiger partial charge is 0.396 e. The van der Waals surface area contributed by atoms with E-state index in [1.165, 1.54) is 29.7 Å². The third-order valence-corrected chi connectivity index (χ3v) is 3.93. The second kappa shape index (κ2) is 6.92. The van der Waals surface area contributed by atoms with Crippen molar-refractivity contribution in [2.75, 3.05) is 24.6 Å². The van der Waals surface area contributed by atoms with E-state index in [4.69, 9.17) is 10.8 Å². The Kier molecular flexibility index (Phi) is 5.23. The van der Waals surface area contributed by atoms with Gasteiger partial charge in [0.1, 0.15) is 0 Å². The van der Waals surface area contributed by atoms with Crippen molar-refractivity contribution in [3.63, 3.8) is 0 Å². The molecule has 106 valence electrons. The number of nitrogens with two attached hydrogens (primary N) is 1. The minimum Gasteiger partial charge on any atom is -0.396 e. The zero-order chi connectivity index (χ0) is 13.7. The molecular weight excluding hydrogens is 236 g/mol. The first kappa shape index (κ1) is 14.4. The van der Waals surface area contributed by atoms with Crippen LogP contribution in [-0.4, -0.2) is 24.8 Å². The van der Waals surface area contributed by atoms with Gasteiger partial charge in [-0.25, -0.2) is 0 Å². The number of unbranched alkanes of at least 4 members (excludes halogenated alkanes) is 2. The summed E-state index contributed by atoms with van der Waals surface area (Å²) in [6, 6.07) is 6.79. The number of aliphatic hydroxyl groups excluding tert-OH is 1. The highest BCUT2D eigenvalue weighted by Crippen LogP contribution is 2.29. The molecule has 3 nitrogen and oxygen atoms in total. The second-order valence-corrected chi connectivity index (χ2v) is 5.55. The maximum absolute atomic E-state index is 8.82. The van der Waals surface area contributed by atoms with Crippen LogP contribution in [0.3, 0.4) is 0 Å². The van der Waals surface area contributed by atoms with E-state index in [2.05, 4.69) is 23.1 Å². The summed E-state index contributed by atoms with van der Waals surface area (Å²) < 4.78 is 0. The number of benzene rings is 1. The van der Waals surface area contributed by atoms with Crippen LogP contribution in [-0.2, 0) is 6.42 Å². The Balaban J connectivity index is 2.02. The van der Waals surface area contributed by atoms with Crippen LogP contribution in [0.25, 0.3) is 0 Å². The number of anilines is 1. The average molecular weight is 262 g/mol. The van der Waals surface area contributed by atoms with Crippen LogP contribution in [0.15, 0.2) is 18.2 Å².